The van der Waals surface area contributed by atoms with Gasteiger partial charge in [0.25, 0.3) is 0 Å². The number of aliphatic carboxylic acids is 3. The fourth-order valence-corrected chi connectivity index (χ4v) is 8.94. The van der Waals surface area contributed by atoms with Crippen LogP contribution in [0.2, 0.25) is 10.0 Å². The van der Waals surface area contributed by atoms with E-state index in [0.717, 1.165) is 30.5 Å². The van der Waals surface area contributed by atoms with Gasteiger partial charge >= 0.3 is 36.4 Å². The summed E-state index contributed by atoms with van der Waals surface area (Å²) in [6, 6.07) is 11.7. The first-order valence-corrected chi connectivity index (χ1v) is 22.8. The normalized spacial score (nSPS) is 15.4. The highest BCUT2D eigenvalue weighted by Gasteiger charge is 2.48. The van der Waals surface area contributed by atoms with Crippen molar-refractivity contribution in [1.29, 1.82) is 0 Å². The van der Waals surface area contributed by atoms with Crippen molar-refractivity contribution in [3.8, 4) is 5.75 Å². The van der Waals surface area contributed by atoms with Crippen LogP contribution in [0.3, 0.4) is 0 Å². The quantitative estimate of drug-likeness (QED) is 0.0889. The van der Waals surface area contributed by atoms with Crippen molar-refractivity contribution in [1.82, 2.24) is 24.4 Å². The average molecular weight is 1080 g/mol. The Morgan fingerprint density at radius 1 is 0.814 bits per heavy atom. The lowest BCUT2D eigenvalue weighted by Gasteiger charge is -2.40. The number of unbranched alkanes of at least 4 members (excludes halogenated alkanes) is 1. The number of halogens is 11. The number of carbonyl (C=O) groups is 5. The molecule has 0 radical (unpaired) electrons. The monoisotopic (exact) mass is 1070 g/mol. The van der Waals surface area contributed by atoms with Gasteiger partial charge in [-0.15, -0.1) is 0 Å². The average Bonchev–Trinajstić information content (AvgIpc) is 3.72. The Labute approximate surface area is 404 Å². The molecule has 0 spiro atoms. The number of fused-ring (bicyclic) bond motifs is 1. The minimum atomic E-state index is -5.08. The van der Waals surface area contributed by atoms with Crippen LogP contribution in [0.4, 0.5) is 39.5 Å². The first kappa shape index (κ1) is 60.9. The number of nitrogens with two attached hydrogens (primary N) is 1. The van der Waals surface area contributed by atoms with E-state index in [1.54, 1.807) is 15.9 Å². The molecule has 5 rings (SSSR count). The van der Waals surface area contributed by atoms with E-state index in [1.165, 1.54) is 12.1 Å². The van der Waals surface area contributed by atoms with E-state index < -0.39 is 58.0 Å². The van der Waals surface area contributed by atoms with Crippen LogP contribution in [0.5, 0.6) is 5.75 Å². The zero-order valence-electron chi connectivity index (χ0n) is 37.4. The van der Waals surface area contributed by atoms with Gasteiger partial charge in [-0.05, 0) is 77.5 Å². The van der Waals surface area contributed by atoms with Gasteiger partial charge in [-0.1, -0.05) is 60.7 Å². The van der Waals surface area contributed by atoms with Crippen LogP contribution in [0, 0.1) is 6.92 Å². The summed E-state index contributed by atoms with van der Waals surface area (Å²) in [6.45, 7) is 4.02. The van der Waals surface area contributed by atoms with Gasteiger partial charge in [0.2, 0.25) is 21.8 Å². The molecule has 29 heteroatoms. The molecule has 17 nitrogen and oxygen atoms in total. The number of ether oxygens (including phenoxy) is 1. The van der Waals surface area contributed by atoms with Gasteiger partial charge in [0, 0.05) is 47.8 Å². The van der Waals surface area contributed by atoms with Crippen LogP contribution in [0.25, 0.3) is 10.9 Å². The van der Waals surface area contributed by atoms with Gasteiger partial charge in [-0.25, -0.2) is 27.8 Å². The number of carbonyl (C=O) groups excluding carboxylic acids is 2. The van der Waals surface area contributed by atoms with Crippen LogP contribution in [-0.2, 0) is 40.6 Å². The predicted octanol–water partition coefficient (Wildman–Crippen LogP) is 6.65. The second-order valence-electron chi connectivity index (χ2n) is 15.7. The maximum atomic E-state index is 14.1. The second-order valence-corrected chi connectivity index (χ2v) is 18.2. The maximum absolute atomic E-state index is 14.1. The Hall–Kier alpha value is -5.22. The molecule has 2 amide bonds. The molecule has 1 aliphatic carbocycles. The number of carboxylic acids is 3. The van der Waals surface area contributed by atoms with Gasteiger partial charge in [0.1, 0.15) is 28.3 Å². The number of sulfonamides is 1. The lowest BCUT2D eigenvalue weighted by molar-refractivity contribution is -0.193. The van der Waals surface area contributed by atoms with Crippen molar-refractivity contribution in [2.75, 3.05) is 46.8 Å². The molecule has 0 unspecified atom stereocenters. The SMILES string of the molecule is Cc1ccc2cccc(OCc3c(Cl)ccc(S(=O)(=O)NC4(C(=O)N5CCN(C(=O)[C@@H](N)CCCCN(C)C)CC5)CCCC4)c3Cl)c2n1.O=C(O)C(F)(F)F.O=C(O)C(F)(F)F.O=C(O)C(F)(F)F. The summed E-state index contributed by atoms with van der Waals surface area (Å²) in [7, 11) is -0.246. The number of hydrogen-bond acceptors (Lipinski definition) is 11. The molecular formula is C41H49Cl2F9N6O11S. The predicted molar refractivity (Wildman–Crippen MR) is 233 cm³/mol. The standard InChI is InChI=1S/C35H46Cl2N6O5S.3C2HF3O2/c1-24-12-13-25-9-8-11-29(32(25)39-24)48-23-26-27(36)14-15-30(31(26)37)49(46,47)40-35(16-5-6-17-35)34(45)43-21-19-42(20-22-43)33(44)28(38)10-4-7-18-41(2)3;3*3-2(4,5)1(6)7/h8-9,11-15,28,40H,4-7,10,16-23,38H2,1-3H3;3*(H,6,7)/t28-;;;/m0.../s1. The maximum Gasteiger partial charge on any atom is 0.490 e. The van der Waals surface area contributed by atoms with Crippen LogP contribution >= 0.6 is 23.2 Å². The van der Waals surface area contributed by atoms with Crippen LogP contribution in [-0.4, -0.2) is 150 Å². The molecule has 392 valence electrons. The smallest absolute Gasteiger partial charge is 0.487 e. The summed E-state index contributed by atoms with van der Waals surface area (Å²) in [5, 5.41) is 22.4. The highest BCUT2D eigenvalue weighted by Crippen LogP contribution is 2.37. The number of carboxylic acid groups (broad SMARTS) is 3. The Bertz CT molecular complexity index is 2360. The van der Waals surface area contributed by atoms with E-state index in [4.69, 9.17) is 63.4 Å². The largest absolute Gasteiger partial charge is 0.490 e. The van der Waals surface area contributed by atoms with Gasteiger partial charge in [0.05, 0.1) is 11.1 Å². The van der Waals surface area contributed by atoms with E-state index >= 15 is 0 Å². The van der Waals surface area contributed by atoms with E-state index in [1.807, 2.05) is 45.3 Å². The first-order chi connectivity index (χ1) is 32.1. The highest BCUT2D eigenvalue weighted by atomic mass is 35.5. The number of nitrogens with zero attached hydrogens (tertiary/aromatic N) is 4. The minimum Gasteiger partial charge on any atom is -0.487 e. The summed E-state index contributed by atoms with van der Waals surface area (Å²) >= 11 is 13.3. The number of rotatable bonds is 13. The van der Waals surface area contributed by atoms with Gasteiger partial charge in [-0.2, -0.15) is 44.2 Å². The van der Waals surface area contributed by atoms with Crippen molar-refractivity contribution in [2.24, 2.45) is 5.73 Å². The number of benzene rings is 2. The fraction of sp³-hybridized carbons (Fsp3) is 0.512. The number of aromatic nitrogens is 1. The molecule has 2 heterocycles. The van der Waals surface area contributed by atoms with E-state index in [9.17, 15) is 57.5 Å². The lowest BCUT2D eigenvalue weighted by Crippen LogP contribution is -2.62. The van der Waals surface area contributed by atoms with Crippen LogP contribution in [0.1, 0.15) is 56.2 Å². The summed E-state index contributed by atoms with van der Waals surface area (Å²) in [4.78, 5) is 63.6. The molecule has 1 aromatic heterocycles. The van der Waals surface area contributed by atoms with Gasteiger partial charge in [-0.3, -0.25) is 9.59 Å². The first-order valence-electron chi connectivity index (χ1n) is 20.5. The van der Waals surface area contributed by atoms with Crippen molar-refractivity contribution < 1.29 is 92.0 Å². The number of aryl methyl sites for hydroxylation is 1. The number of nitrogens with one attached hydrogen (secondary N) is 1. The summed E-state index contributed by atoms with van der Waals surface area (Å²) in [5.41, 5.74) is 6.71. The number of hydrogen-bond donors (Lipinski definition) is 5. The summed E-state index contributed by atoms with van der Waals surface area (Å²) in [5.74, 6) is -8.16. The molecule has 1 aliphatic heterocycles. The molecule has 2 aromatic carbocycles. The molecule has 3 aromatic rings. The number of para-hydroxylation sites is 1. The van der Waals surface area contributed by atoms with E-state index in [2.05, 4.69) is 14.6 Å². The Balaban J connectivity index is 0.000000665. The molecule has 1 atom stereocenters. The lowest BCUT2D eigenvalue weighted by atomic mass is 9.96. The van der Waals surface area contributed by atoms with Crippen molar-refractivity contribution in [3.05, 3.63) is 63.8 Å². The van der Waals surface area contributed by atoms with E-state index in [0.29, 0.717) is 75.1 Å². The molecule has 70 heavy (non-hydrogen) atoms. The number of amides is 2. The number of pyridine rings is 1. The third kappa shape index (κ3) is 18.5. The molecule has 0 bridgehead atoms. The Morgan fingerprint density at radius 2 is 1.31 bits per heavy atom. The van der Waals surface area contributed by atoms with Gasteiger partial charge in [0.15, 0.2) is 0 Å². The molecule has 2 fully saturated rings. The molecule has 2 aliphatic rings. The van der Waals surface area contributed by atoms with Crippen molar-refractivity contribution in [3.63, 3.8) is 0 Å². The van der Waals surface area contributed by atoms with Crippen molar-refractivity contribution in [2.45, 2.75) is 93.5 Å². The Morgan fingerprint density at radius 3 is 1.80 bits per heavy atom. The molecule has 1 saturated heterocycles. The third-order valence-electron chi connectivity index (χ3n) is 10.1. The topological polar surface area (TPSA) is 250 Å². The summed E-state index contributed by atoms with van der Waals surface area (Å²) < 4.78 is 132. The number of piperazine rings is 1. The Kier molecular flexibility index (Phi) is 22.4. The molecular weight excluding hydrogens is 1030 g/mol. The fourth-order valence-electron chi connectivity index (χ4n) is 6.63. The zero-order valence-corrected chi connectivity index (χ0v) is 39.7. The summed E-state index contributed by atoms with van der Waals surface area (Å²) in [6.07, 6.45) is -10.7. The second kappa shape index (κ2) is 25.8. The molecule has 1 saturated carbocycles. The van der Waals surface area contributed by atoms with Crippen molar-refractivity contribution >= 4 is 73.9 Å². The van der Waals surface area contributed by atoms with Crippen LogP contribution < -0.4 is 15.2 Å². The number of alkyl halides is 9. The van der Waals surface area contributed by atoms with E-state index in [-0.39, 0.29) is 33.4 Å². The molecule has 6 N–H and O–H groups in total. The third-order valence-corrected chi connectivity index (χ3v) is 12.6. The van der Waals surface area contributed by atoms with Crippen LogP contribution in [0.15, 0.2) is 47.4 Å². The zero-order chi connectivity index (χ0) is 53.6. The minimum absolute atomic E-state index is 0.0739. The van der Waals surface area contributed by atoms with Gasteiger partial charge < -0.3 is 40.5 Å². The highest BCUT2D eigenvalue weighted by molar-refractivity contribution is 7.89.